The molecule has 1 saturated heterocycles. The molecule has 1 saturated carbocycles. The van der Waals surface area contributed by atoms with Gasteiger partial charge >= 0.3 is 0 Å². The standard InChI is InChI=1S/C17H30N6S.HI/c1-4-18-16(19-12-15-21-20-14(2)22(15)3)23-10-11-24-17(13-23)8-6-5-7-9-17;/h4-13H2,1-3H3,(H,18,19);1H. The van der Waals surface area contributed by atoms with Gasteiger partial charge in [-0.05, 0) is 26.7 Å². The van der Waals surface area contributed by atoms with Gasteiger partial charge in [0.05, 0.1) is 0 Å². The Kier molecular flexibility index (Phi) is 7.85. The van der Waals surface area contributed by atoms with Crippen molar-refractivity contribution >= 4 is 41.7 Å². The molecule has 1 aromatic heterocycles. The number of nitrogens with zero attached hydrogens (tertiary/aromatic N) is 5. The quantitative estimate of drug-likeness (QED) is 0.411. The molecular weight excluding hydrogens is 447 g/mol. The Balaban J connectivity index is 0.00000225. The van der Waals surface area contributed by atoms with Crippen LogP contribution in [0.5, 0.6) is 0 Å². The summed E-state index contributed by atoms with van der Waals surface area (Å²) in [7, 11) is 2.00. The minimum Gasteiger partial charge on any atom is -0.357 e. The second-order valence-electron chi connectivity index (χ2n) is 6.91. The van der Waals surface area contributed by atoms with Gasteiger partial charge in [0.2, 0.25) is 0 Å². The third-order valence-electron chi connectivity index (χ3n) is 5.20. The third-order valence-corrected chi connectivity index (χ3v) is 6.74. The zero-order valence-electron chi connectivity index (χ0n) is 15.6. The van der Waals surface area contributed by atoms with Crippen molar-refractivity contribution in [2.24, 2.45) is 12.0 Å². The number of aliphatic imine (C=N–C) groups is 1. The predicted octanol–water partition coefficient (Wildman–Crippen LogP) is 2.96. The van der Waals surface area contributed by atoms with Gasteiger partial charge in [-0.3, -0.25) is 0 Å². The van der Waals surface area contributed by atoms with E-state index in [-0.39, 0.29) is 24.0 Å². The van der Waals surface area contributed by atoms with Crippen LogP contribution in [0.2, 0.25) is 0 Å². The lowest BCUT2D eigenvalue weighted by molar-refractivity contribution is 0.293. The monoisotopic (exact) mass is 478 g/mol. The Hall–Kier alpha value is -0.510. The number of thioether (sulfide) groups is 1. The lowest BCUT2D eigenvalue weighted by atomic mass is 9.87. The smallest absolute Gasteiger partial charge is 0.194 e. The van der Waals surface area contributed by atoms with E-state index in [1.54, 1.807) is 0 Å². The highest BCUT2D eigenvalue weighted by molar-refractivity contribution is 14.0. The first kappa shape index (κ1) is 20.8. The Bertz CT molecular complexity index is 576. The number of hydrogen-bond donors (Lipinski definition) is 1. The van der Waals surface area contributed by atoms with Gasteiger partial charge in [-0.15, -0.1) is 34.2 Å². The molecule has 3 rings (SSSR count). The van der Waals surface area contributed by atoms with Crippen LogP contribution in [0, 0.1) is 6.92 Å². The van der Waals surface area contributed by atoms with Crippen molar-refractivity contribution in [2.75, 3.05) is 25.4 Å². The second-order valence-corrected chi connectivity index (χ2v) is 8.47. The molecule has 1 spiro atoms. The second kappa shape index (κ2) is 9.43. The molecule has 0 aromatic carbocycles. The lowest BCUT2D eigenvalue weighted by Gasteiger charge is -2.45. The largest absolute Gasteiger partial charge is 0.357 e. The molecule has 6 nitrogen and oxygen atoms in total. The zero-order chi connectivity index (χ0) is 17.0. The molecular formula is C17H31IN6S. The molecule has 1 N–H and O–H groups in total. The number of halogens is 1. The first-order valence-electron chi connectivity index (χ1n) is 9.16. The van der Waals surface area contributed by atoms with Crippen LogP contribution in [0.15, 0.2) is 4.99 Å². The van der Waals surface area contributed by atoms with E-state index in [1.165, 1.54) is 37.9 Å². The van der Waals surface area contributed by atoms with Crippen LogP contribution in [0.25, 0.3) is 0 Å². The van der Waals surface area contributed by atoms with Gasteiger partial charge in [-0.2, -0.15) is 11.8 Å². The number of aryl methyl sites for hydroxylation is 1. The Labute approximate surface area is 172 Å². The minimum absolute atomic E-state index is 0. The summed E-state index contributed by atoms with van der Waals surface area (Å²) >= 11 is 2.20. The third kappa shape index (κ3) is 5.02. The first-order chi connectivity index (χ1) is 11.6. The molecule has 1 aliphatic carbocycles. The lowest BCUT2D eigenvalue weighted by Crippen LogP contribution is -2.53. The van der Waals surface area contributed by atoms with Gasteiger partial charge in [0.25, 0.3) is 0 Å². The van der Waals surface area contributed by atoms with Crippen molar-refractivity contribution in [3.63, 3.8) is 0 Å². The molecule has 0 unspecified atom stereocenters. The summed E-state index contributed by atoms with van der Waals surface area (Å²) in [4.78, 5) is 7.33. The van der Waals surface area contributed by atoms with Crippen molar-refractivity contribution in [3.8, 4) is 0 Å². The predicted molar refractivity (Wildman–Crippen MR) is 116 cm³/mol. The molecule has 8 heteroatoms. The molecule has 2 heterocycles. The average Bonchev–Trinajstić information content (AvgIpc) is 2.91. The maximum Gasteiger partial charge on any atom is 0.194 e. The average molecular weight is 478 g/mol. The van der Waals surface area contributed by atoms with Crippen LogP contribution in [-0.4, -0.2) is 55.8 Å². The van der Waals surface area contributed by atoms with Gasteiger partial charge in [-0.25, -0.2) is 4.99 Å². The summed E-state index contributed by atoms with van der Waals surface area (Å²) in [5.41, 5.74) is 0. The fraction of sp³-hybridized carbons (Fsp3) is 0.824. The number of guanidine groups is 1. The summed E-state index contributed by atoms with van der Waals surface area (Å²) < 4.78 is 2.47. The van der Waals surface area contributed by atoms with Gasteiger partial charge in [0, 0.05) is 37.2 Å². The van der Waals surface area contributed by atoms with E-state index in [9.17, 15) is 0 Å². The maximum atomic E-state index is 4.86. The van der Waals surface area contributed by atoms with E-state index in [2.05, 4.69) is 39.1 Å². The number of rotatable bonds is 3. The normalized spacial score (nSPS) is 20.4. The fourth-order valence-electron chi connectivity index (χ4n) is 3.68. The Morgan fingerprint density at radius 3 is 2.68 bits per heavy atom. The van der Waals surface area contributed by atoms with Crippen molar-refractivity contribution in [1.29, 1.82) is 0 Å². The molecule has 0 radical (unpaired) electrons. The topological polar surface area (TPSA) is 58.3 Å². The summed E-state index contributed by atoms with van der Waals surface area (Å²) in [6.45, 7) is 7.79. The molecule has 0 atom stereocenters. The zero-order valence-corrected chi connectivity index (χ0v) is 18.8. The summed E-state index contributed by atoms with van der Waals surface area (Å²) in [5.74, 6) is 4.08. The number of aromatic nitrogens is 3. The fourth-order valence-corrected chi connectivity index (χ4v) is 5.25. The molecule has 0 bridgehead atoms. The van der Waals surface area contributed by atoms with Gasteiger partial charge < -0.3 is 14.8 Å². The SMILES string of the molecule is CCNC(=NCc1nnc(C)n1C)N1CCSC2(CCCCC2)C1.I. The van der Waals surface area contributed by atoms with Crippen molar-refractivity contribution < 1.29 is 0 Å². The van der Waals surface area contributed by atoms with Crippen LogP contribution < -0.4 is 5.32 Å². The molecule has 1 aromatic rings. The number of hydrogen-bond acceptors (Lipinski definition) is 4. The molecule has 1 aliphatic heterocycles. The van der Waals surface area contributed by atoms with Crippen LogP contribution in [-0.2, 0) is 13.6 Å². The van der Waals surface area contributed by atoms with Crippen molar-refractivity contribution in [1.82, 2.24) is 25.0 Å². The van der Waals surface area contributed by atoms with E-state index < -0.39 is 0 Å². The molecule has 142 valence electrons. The molecule has 2 aliphatic rings. The molecule has 2 fully saturated rings. The summed E-state index contributed by atoms with van der Waals surface area (Å²) in [5, 5.41) is 11.8. The van der Waals surface area contributed by atoms with E-state index in [1.807, 2.05) is 18.5 Å². The Morgan fingerprint density at radius 1 is 1.28 bits per heavy atom. The maximum absolute atomic E-state index is 4.86. The van der Waals surface area contributed by atoms with Crippen LogP contribution in [0.4, 0.5) is 0 Å². The highest BCUT2D eigenvalue weighted by Gasteiger charge is 2.38. The van der Waals surface area contributed by atoms with E-state index in [0.29, 0.717) is 11.3 Å². The van der Waals surface area contributed by atoms with E-state index in [0.717, 1.165) is 37.2 Å². The molecule has 0 amide bonds. The number of nitrogens with one attached hydrogen (secondary N) is 1. The summed E-state index contributed by atoms with van der Waals surface area (Å²) in [6, 6.07) is 0. The van der Waals surface area contributed by atoms with Crippen LogP contribution in [0.3, 0.4) is 0 Å². The van der Waals surface area contributed by atoms with Gasteiger partial charge in [0.15, 0.2) is 11.8 Å². The van der Waals surface area contributed by atoms with E-state index >= 15 is 0 Å². The van der Waals surface area contributed by atoms with Crippen molar-refractivity contribution in [3.05, 3.63) is 11.6 Å². The highest BCUT2D eigenvalue weighted by atomic mass is 127. The summed E-state index contributed by atoms with van der Waals surface area (Å²) in [6.07, 6.45) is 6.88. The first-order valence-corrected chi connectivity index (χ1v) is 10.1. The van der Waals surface area contributed by atoms with Crippen LogP contribution in [0.1, 0.15) is 50.7 Å². The van der Waals surface area contributed by atoms with Gasteiger partial charge in [0.1, 0.15) is 12.4 Å². The minimum atomic E-state index is 0. The molecule has 25 heavy (non-hydrogen) atoms. The highest BCUT2D eigenvalue weighted by Crippen LogP contribution is 2.42. The van der Waals surface area contributed by atoms with Gasteiger partial charge in [-0.1, -0.05) is 19.3 Å². The van der Waals surface area contributed by atoms with Crippen molar-refractivity contribution in [2.45, 2.75) is 57.2 Å². The van der Waals surface area contributed by atoms with E-state index in [4.69, 9.17) is 4.99 Å². The Morgan fingerprint density at radius 2 is 2.04 bits per heavy atom. The van der Waals surface area contributed by atoms with Crippen LogP contribution >= 0.6 is 35.7 Å².